The van der Waals surface area contributed by atoms with Crippen molar-refractivity contribution in [2.45, 2.75) is 109 Å². The number of thiocarbonyl (C=S) groups is 1. The predicted molar refractivity (Wildman–Crippen MR) is 168 cm³/mol. The number of ether oxygens (including phenoxy) is 3. The number of amides is 2. The van der Waals surface area contributed by atoms with Gasteiger partial charge in [-0.25, -0.2) is 4.79 Å². The monoisotopic (exact) mass is 635 g/mol. The van der Waals surface area contributed by atoms with Crippen molar-refractivity contribution < 1.29 is 38.2 Å². The van der Waals surface area contributed by atoms with Crippen LogP contribution in [0.15, 0.2) is 0 Å². The fourth-order valence-electron chi connectivity index (χ4n) is 4.05. The number of methoxy groups -OCH3 is 1. The van der Waals surface area contributed by atoms with E-state index in [1.165, 1.54) is 63.1 Å². The van der Waals surface area contributed by atoms with Gasteiger partial charge in [-0.15, -0.1) is 16.8 Å². The van der Waals surface area contributed by atoms with Crippen LogP contribution >= 0.6 is 35.7 Å². The molecule has 12 heteroatoms. The zero-order chi connectivity index (χ0) is 30.5. The summed E-state index contributed by atoms with van der Waals surface area (Å²) < 4.78 is 16.2. The summed E-state index contributed by atoms with van der Waals surface area (Å²) in [6.07, 6.45) is 12.5. The molecule has 0 spiro atoms. The molecule has 1 aliphatic heterocycles. The molecule has 1 unspecified atom stereocenters. The predicted octanol–water partition coefficient (Wildman–Crippen LogP) is 6.26. The van der Waals surface area contributed by atoms with E-state index in [4.69, 9.17) is 31.3 Å². The van der Waals surface area contributed by atoms with Crippen molar-refractivity contribution in [2.24, 2.45) is 5.41 Å². The van der Waals surface area contributed by atoms with Gasteiger partial charge >= 0.3 is 11.9 Å². The first kappa shape index (κ1) is 37.8. The molecule has 0 saturated carbocycles. The molecule has 1 fully saturated rings. The number of esters is 1. The van der Waals surface area contributed by atoms with Crippen LogP contribution in [-0.2, 0) is 38.2 Å². The summed E-state index contributed by atoms with van der Waals surface area (Å²) in [5.41, 5.74) is -1.06. The SMILES string of the molecule is CCCCCCCCCCCCSC(=S)SC(CC(C)(C)C(=O)OCCOCCOC)C(=O)ON1C(=O)CCC1=O. The number of hydrogen-bond acceptors (Lipinski definition) is 11. The summed E-state index contributed by atoms with van der Waals surface area (Å²) >= 11 is 8.17. The fraction of sp³-hybridized carbons (Fsp3) is 0.828. The average molecular weight is 636 g/mol. The third-order valence-corrected chi connectivity index (χ3v) is 9.40. The van der Waals surface area contributed by atoms with Crippen LogP contribution in [0.5, 0.6) is 0 Å². The van der Waals surface area contributed by atoms with Gasteiger partial charge in [0.05, 0.1) is 25.2 Å². The first-order valence-corrected chi connectivity index (χ1v) is 17.0. The normalized spacial score (nSPS) is 14.4. The topological polar surface area (TPSA) is 108 Å². The Morgan fingerprint density at radius 1 is 0.902 bits per heavy atom. The lowest BCUT2D eigenvalue weighted by atomic mass is 9.87. The number of carbonyl (C=O) groups excluding carboxylic acids is 4. The van der Waals surface area contributed by atoms with Crippen LogP contribution in [0, 0.1) is 5.41 Å². The summed E-state index contributed by atoms with van der Waals surface area (Å²) in [5.74, 6) is -1.57. The van der Waals surface area contributed by atoms with Crippen LogP contribution in [0.25, 0.3) is 0 Å². The fourth-order valence-corrected chi connectivity index (χ4v) is 6.91. The number of unbranched alkanes of at least 4 members (excludes halogenated alkanes) is 9. The van der Waals surface area contributed by atoms with Crippen molar-refractivity contribution >= 4 is 63.0 Å². The van der Waals surface area contributed by atoms with Gasteiger partial charge in [0.2, 0.25) is 0 Å². The van der Waals surface area contributed by atoms with Gasteiger partial charge < -0.3 is 19.0 Å². The van der Waals surface area contributed by atoms with E-state index in [0.717, 1.165) is 30.4 Å². The first-order valence-electron chi connectivity index (χ1n) is 14.8. The molecule has 9 nitrogen and oxygen atoms in total. The number of thioether (sulfide) groups is 2. The van der Waals surface area contributed by atoms with Crippen molar-refractivity contribution in [3.05, 3.63) is 0 Å². The number of imide groups is 1. The molecule has 0 aromatic carbocycles. The van der Waals surface area contributed by atoms with Crippen LogP contribution in [0.1, 0.15) is 104 Å². The van der Waals surface area contributed by atoms with Crippen LogP contribution in [0.4, 0.5) is 0 Å². The van der Waals surface area contributed by atoms with Crippen LogP contribution in [0.3, 0.4) is 0 Å². The van der Waals surface area contributed by atoms with Crippen molar-refractivity contribution in [2.75, 3.05) is 39.3 Å². The first-order chi connectivity index (χ1) is 19.6. The highest BCUT2D eigenvalue weighted by Crippen LogP contribution is 2.34. The molecule has 1 heterocycles. The minimum Gasteiger partial charge on any atom is -0.463 e. The highest BCUT2D eigenvalue weighted by Gasteiger charge is 2.40. The van der Waals surface area contributed by atoms with Gasteiger partial charge in [0.15, 0.2) is 0 Å². The van der Waals surface area contributed by atoms with Gasteiger partial charge in [-0.1, -0.05) is 88.7 Å². The lowest BCUT2D eigenvalue weighted by Crippen LogP contribution is -2.39. The van der Waals surface area contributed by atoms with Gasteiger partial charge in [-0.2, -0.15) is 0 Å². The number of rotatable bonds is 23. The summed E-state index contributed by atoms with van der Waals surface area (Å²) in [5, 5.41) is -0.372. The molecule has 1 atom stereocenters. The van der Waals surface area contributed by atoms with Crippen LogP contribution in [0.2, 0.25) is 0 Å². The number of hydrogen-bond donors (Lipinski definition) is 0. The van der Waals surface area contributed by atoms with Gasteiger partial charge in [0.1, 0.15) is 15.4 Å². The molecular formula is C29H49NO8S3. The molecule has 236 valence electrons. The van der Waals surface area contributed by atoms with Gasteiger partial charge in [0.25, 0.3) is 11.8 Å². The highest BCUT2D eigenvalue weighted by molar-refractivity contribution is 8.47. The zero-order valence-electron chi connectivity index (χ0n) is 25.2. The van der Waals surface area contributed by atoms with Crippen LogP contribution < -0.4 is 0 Å². The number of hydroxylamine groups is 2. The molecule has 1 rings (SSSR count). The Morgan fingerprint density at radius 2 is 1.46 bits per heavy atom. The molecule has 1 saturated heterocycles. The largest absolute Gasteiger partial charge is 0.463 e. The maximum Gasteiger partial charge on any atom is 0.346 e. The van der Waals surface area contributed by atoms with E-state index in [2.05, 4.69) is 6.92 Å². The smallest absolute Gasteiger partial charge is 0.346 e. The molecule has 0 aromatic heterocycles. The maximum absolute atomic E-state index is 13.1. The summed E-state index contributed by atoms with van der Waals surface area (Å²) in [4.78, 5) is 55.1. The quantitative estimate of drug-likeness (QED) is 0.0550. The standard InChI is InChI=1S/C29H49NO8S3/c1-5-6-7-8-9-10-11-12-13-14-21-40-28(39)41-23(26(33)38-30-24(31)15-16-25(30)32)22-29(2,3)27(34)37-20-19-36-18-17-35-4/h23H,5-22H2,1-4H3. The van der Waals surface area contributed by atoms with Gasteiger partial charge in [-0.3, -0.25) is 14.4 Å². The van der Waals surface area contributed by atoms with E-state index >= 15 is 0 Å². The lowest BCUT2D eigenvalue weighted by Gasteiger charge is -2.27. The Hall–Kier alpha value is -1.21. The number of carbonyl (C=O) groups is 4. The van der Waals surface area contributed by atoms with Gasteiger partial charge in [-0.05, 0) is 32.4 Å². The third kappa shape index (κ3) is 16.9. The van der Waals surface area contributed by atoms with Gasteiger partial charge in [0, 0.05) is 20.0 Å². The molecule has 0 N–H and O–H groups in total. The third-order valence-electron chi connectivity index (χ3n) is 6.55. The second kappa shape index (κ2) is 22.3. The molecule has 0 aromatic rings. The van der Waals surface area contributed by atoms with Crippen molar-refractivity contribution in [3.8, 4) is 0 Å². The van der Waals surface area contributed by atoms with Crippen molar-refractivity contribution in [1.29, 1.82) is 0 Å². The van der Waals surface area contributed by atoms with E-state index in [1.54, 1.807) is 21.0 Å². The van der Waals surface area contributed by atoms with E-state index < -0.39 is 34.4 Å². The zero-order valence-corrected chi connectivity index (χ0v) is 27.7. The molecule has 1 aliphatic rings. The van der Waals surface area contributed by atoms with E-state index in [9.17, 15) is 19.2 Å². The lowest BCUT2D eigenvalue weighted by molar-refractivity contribution is -0.197. The van der Waals surface area contributed by atoms with Crippen molar-refractivity contribution in [1.82, 2.24) is 5.06 Å². The average Bonchev–Trinajstić information content (AvgIpc) is 3.25. The van der Waals surface area contributed by atoms with E-state index in [-0.39, 0.29) is 32.5 Å². The second-order valence-corrected chi connectivity index (χ2v) is 14.2. The Morgan fingerprint density at radius 3 is 2.05 bits per heavy atom. The van der Waals surface area contributed by atoms with Crippen molar-refractivity contribution in [3.63, 3.8) is 0 Å². The Labute approximate surface area is 259 Å². The van der Waals surface area contributed by atoms with E-state index in [1.807, 2.05) is 0 Å². The molecule has 0 aliphatic carbocycles. The van der Waals surface area contributed by atoms with E-state index in [0.29, 0.717) is 21.8 Å². The molecule has 41 heavy (non-hydrogen) atoms. The summed E-state index contributed by atoms with van der Waals surface area (Å²) in [6, 6.07) is 0. The molecule has 2 amide bonds. The second-order valence-electron chi connectivity index (χ2n) is 10.7. The number of nitrogens with zero attached hydrogens (tertiary/aromatic N) is 1. The molecular weight excluding hydrogens is 587 g/mol. The maximum atomic E-state index is 13.1. The Kier molecular flexibility index (Phi) is 20.6. The van der Waals surface area contributed by atoms with Crippen LogP contribution in [-0.4, -0.2) is 76.9 Å². The molecule has 0 radical (unpaired) electrons. The minimum atomic E-state index is -1.06. The Balaban J connectivity index is 2.57. The summed E-state index contributed by atoms with van der Waals surface area (Å²) in [6.45, 7) is 6.71. The molecule has 0 bridgehead atoms. The highest BCUT2D eigenvalue weighted by atomic mass is 32.2. The minimum absolute atomic E-state index is 0.00130. The Bertz CT molecular complexity index is 808. The summed E-state index contributed by atoms with van der Waals surface area (Å²) in [7, 11) is 1.57.